The van der Waals surface area contributed by atoms with Gasteiger partial charge in [-0.05, 0) is 41.5 Å². The Morgan fingerprint density at radius 2 is 1.82 bits per heavy atom. The molecule has 2 aromatic rings. The summed E-state index contributed by atoms with van der Waals surface area (Å²) < 4.78 is 32.1. The maximum Gasteiger partial charge on any atom is 0.425 e. The highest BCUT2D eigenvalue weighted by Crippen LogP contribution is 2.47. The molecule has 3 heterocycles. The third kappa shape index (κ3) is 5.26. The molecule has 14 heteroatoms. The zero-order valence-corrected chi connectivity index (χ0v) is 23.7. The Bertz CT molecular complexity index is 1330. The highest BCUT2D eigenvalue weighted by atomic mass is 127. The molecule has 1 aliphatic rings. The van der Waals surface area contributed by atoms with Crippen LogP contribution in [0.2, 0.25) is 0 Å². The molecular formula is C24H27FIN5O7. The molecule has 0 bridgehead atoms. The predicted octanol–water partition coefficient (Wildman–Crippen LogP) is 3.33. The Balaban J connectivity index is 2.29. The summed E-state index contributed by atoms with van der Waals surface area (Å²) in [5.41, 5.74) is -4.95. The number of ether oxygens (including phenoxy) is 3. The molecule has 38 heavy (non-hydrogen) atoms. The zero-order valence-electron chi connectivity index (χ0n) is 21.5. The van der Waals surface area contributed by atoms with Crippen molar-refractivity contribution in [1.82, 2.24) is 14.5 Å². The number of amides is 2. The van der Waals surface area contributed by atoms with E-state index in [0.29, 0.717) is 4.90 Å². The van der Waals surface area contributed by atoms with E-state index in [1.54, 1.807) is 64.1 Å². The van der Waals surface area contributed by atoms with Crippen molar-refractivity contribution in [2.45, 2.75) is 76.5 Å². The molecule has 0 unspecified atom stereocenters. The molecule has 2 amide bonds. The predicted molar refractivity (Wildman–Crippen MR) is 140 cm³/mol. The number of aromatic nitrogens is 3. The fraction of sp³-hybridized carbons (Fsp3) is 0.542. The van der Waals surface area contributed by atoms with Crippen molar-refractivity contribution in [3.8, 4) is 18.4 Å². The highest BCUT2D eigenvalue weighted by Gasteiger charge is 2.64. The van der Waals surface area contributed by atoms with Gasteiger partial charge in [0.25, 0.3) is 0 Å². The van der Waals surface area contributed by atoms with E-state index >= 15 is 4.39 Å². The van der Waals surface area contributed by atoms with Gasteiger partial charge in [-0.25, -0.2) is 23.9 Å². The number of aliphatic hydroxyl groups is 2. The standard InChI is InChI=1S/C24H27FIN5O7/c1-8-23(35)17(32)24(25,11-26)36-18(23)30-10-13(9-27)14-15(30)28-12-29-16(14)31(19(33)37-21(2,3)4)20(34)38-22(5,6)7/h1,10,12,17-18,32,35H,11H2,2-7H3/t17-,18+,23+,24+/m0/s1. The van der Waals surface area contributed by atoms with Gasteiger partial charge in [-0.1, -0.05) is 28.5 Å². The van der Waals surface area contributed by atoms with Gasteiger partial charge in [0.1, 0.15) is 29.2 Å². The number of fused-ring (bicyclic) bond motifs is 1. The number of nitrogens with zero attached hydrogens (tertiary/aromatic N) is 5. The van der Waals surface area contributed by atoms with E-state index in [2.05, 4.69) is 9.97 Å². The maximum atomic E-state index is 15.3. The smallest absolute Gasteiger partial charge is 0.425 e. The summed E-state index contributed by atoms with van der Waals surface area (Å²) >= 11 is 1.63. The molecule has 12 nitrogen and oxygen atoms in total. The number of terminal acetylenes is 1. The number of alkyl halides is 2. The third-order valence-corrected chi connectivity index (χ3v) is 6.29. The topological polar surface area (TPSA) is 160 Å². The first-order valence-corrected chi connectivity index (χ1v) is 12.8. The molecule has 0 radical (unpaired) electrons. The van der Waals surface area contributed by atoms with Gasteiger partial charge < -0.3 is 29.0 Å². The molecule has 0 aliphatic carbocycles. The SMILES string of the molecule is C#C[C@]1(O)[C@H](n2cc(C#N)c3c(N(C(=O)OC(C)(C)C)C(=O)OC(C)(C)C)ncnc32)O[C@](F)(CI)[C@H]1O. The summed E-state index contributed by atoms with van der Waals surface area (Å²) in [5.74, 6) is -1.13. The average molecular weight is 643 g/mol. The minimum Gasteiger partial charge on any atom is -0.443 e. The summed E-state index contributed by atoms with van der Waals surface area (Å²) in [6.07, 6.45) is 1.38. The van der Waals surface area contributed by atoms with Gasteiger partial charge in [0.2, 0.25) is 11.5 Å². The van der Waals surface area contributed by atoms with Crippen molar-refractivity contribution in [1.29, 1.82) is 5.26 Å². The molecule has 204 valence electrons. The summed E-state index contributed by atoms with van der Waals surface area (Å²) in [7, 11) is 0. The van der Waals surface area contributed by atoms with E-state index < -0.39 is 47.2 Å². The quantitative estimate of drug-likeness (QED) is 0.289. The van der Waals surface area contributed by atoms with Gasteiger partial charge in [-0.15, -0.1) is 6.42 Å². The first-order valence-electron chi connectivity index (χ1n) is 11.2. The van der Waals surface area contributed by atoms with Crippen molar-refractivity contribution in [2.24, 2.45) is 0 Å². The second-order valence-electron chi connectivity index (χ2n) is 10.5. The molecule has 0 saturated carbocycles. The molecule has 4 atom stereocenters. The lowest BCUT2D eigenvalue weighted by Gasteiger charge is -2.28. The van der Waals surface area contributed by atoms with Gasteiger partial charge in [-0.3, -0.25) is 0 Å². The van der Waals surface area contributed by atoms with E-state index in [-0.39, 0.29) is 26.8 Å². The Labute approximate surface area is 231 Å². The van der Waals surface area contributed by atoms with E-state index in [0.717, 1.165) is 17.1 Å². The first-order chi connectivity index (χ1) is 17.4. The fourth-order valence-electron chi connectivity index (χ4n) is 3.69. The van der Waals surface area contributed by atoms with Gasteiger partial charge in [0, 0.05) is 6.20 Å². The largest absolute Gasteiger partial charge is 0.443 e. The van der Waals surface area contributed by atoms with E-state index in [9.17, 15) is 25.1 Å². The molecule has 3 rings (SSSR count). The van der Waals surface area contributed by atoms with Crippen molar-refractivity contribution in [3.05, 3.63) is 18.1 Å². The average Bonchev–Trinajstić information content (AvgIpc) is 3.27. The lowest BCUT2D eigenvalue weighted by molar-refractivity contribution is -0.167. The molecule has 1 fully saturated rings. The van der Waals surface area contributed by atoms with E-state index in [1.807, 2.05) is 12.0 Å². The number of hydrogen-bond donors (Lipinski definition) is 2. The lowest BCUT2D eigenvalue weighted by atomic mass is 9.94. The number of hydrogen-bond acceptors (Lipinski definition) is 10. The number of carbonyl (C=O) groups is 2. The van der Waals surface area contributed by atoms with Crippen molar-refractivity contribution < 1.29 is 38.4 Å². The van der Waals surface area contributed by atoms with Crippen LogP contribution in [-0.4, -0.2) is 70.1 Å². The molecule has 1 aliphatic heterocycles. The summed E-state index contributed by atoms with van der Waals surface area (Å²) in [4.78, 5) is 35.0. The van der Waals surface area contributed by atoms with Crippen LogP contribution in [0.25, 0.3) is 11.0 Å². The van der Waals surface area contributed by atoms with Gasteiger partial charge in [0.15, 0.2) is 18.1 Å². The monoisotopic (exact) mass is 643 g/mol. The maximum absolute atomic E-state index is 15.3. The van der Waals surface area contributed by atoms with Crippen LogP contribution < -0.4 is 4.90 Å². The summed E-state index contributed by atoms with van der Waals surface area (Å²) in [5, 5.41) is 31.3. The van der Waals surface area contributed by atoms with Crippen LogP contribution in [0.15, 0.2) is 12.5 Å². The van der Waals surface area contributed by atoms with Crippen LogP contribution in [0, 0.1) is 23.7 Å². The molecule has 1 saturated heterocycles. The van der Waals surface area contributed by atoms with Crippen molar-refractivity contribution in [3.63, 3.8) is 0 Å². The van der Waals surface area contributed by atoms with Gasteiger partial charge in [0.05, 0.1) is 15.4 Å². The van der Waals surface area contributed by atoms with Gasteiger partial charge in [-0.2, -0.15) is 10.2 Å². The van der Waals surface area contributed by atoms with Crippen LogP contribution in [0.5, 0.6) is 0 Å². The highest BCUT2D eigenvalue weighted by molar-refractivity contribution is 14.1. The third-order valence-electron chi connectivity index (χ3n) is 5.25. The number of nitriles is 1. The Hall–Kier alpha value is -3.05. The normalized spacial score (nSPS) is 25.5. The number of halogens is 2. The molecule has 0 spiro atoms. The Kier molecular flexibility index (Phi) is 7.70. The molecular weight excluding hydrogens is 616 g/mol. The van der Waals surface area contributed by atoms with Crippen LogP contribution >= 0.6 is 22.6 Å². The zero-order chi connectivity index (χ0) is 28.8. The van der Waals surface area contributed by atoms with E-state index in [1.165, 1.54) is 0 Å². The number of aliphatic hydroxyl groups excluding tert-OH is 1. The second kappa shape index (κ2) is 9.92. The second-order valence-corrected chi connectivity index (χ2v) is 11.3. The number of anilines is 1. The summed E-state index contributed by atoms with van der Waals surface area (Å²) in [6.45, 7) is 9.53. The number of imide groups is 1. The van der Waals surface area contributed by atoms with E-state index in [4.69, 9.17) is 20.6 Å². The van der Waals surface area contributed by atoms with Crippen LogP contribution in [-0.2, 0) is 14.2 Å². The summed E-state index contributed by atoms with van der Waals surface area (Å²) in [6, 6.07) is 1.90. The van der Waals surface area contributed by atoms with Crippen molar-refractivity contribution in [2.75, 3.05) is 9.33 Å². The fourth-order valence-corrected chi connectivity index (χ4v) is 4.29. The number of rotatable bonds is 3. The minimum absolute atomic E-state index is 0.144. The van der Waals surface area contributed by atoms with Crippen LogP contribution in [0.3, 0.4) is 0 Å². The molecule has 2 N–H and O–H groups in total. The van der Waals surface area contributed by atoms with Gasteiger partial charge >= 0.3 is 12.2 Å². The number of carbonyl (C=O) groups excluding carboxylic acids is 2. The molecule has 2 aromatic heterocycles. The lowest BCUT2D eigenvalue weighted by Crippen LogP contribution is -2.49. The minimum atomic E-state index is -2.73. The van der Waals surface area contributed by atoms with Crippen LogP contribution in [0.4, 0.5) is 19.8 Å². The first kappa shape index (κ1) is 29.5. The van der Waals surface area contributed by atoms with Crippen molar-refractivity contribution >= 4 is 51.6 Å². The van der Waals surface area contributed by atoms with Crippen LogP contribution in [0.1, 0.15) is 53.3 Å². The Morgan fingerprint density at radius 3 is 2.26 bits per heavy atom. The molecule has 0 aromatic carbocycles. The Morgan fingerprint density at radius 1 is 1.26 bits per heavy atom.